The predicted octanol–water partition coefficient (Wildman–Crippen LogP) is 2.15. The zero-order valence-electron chi connectivity index (χ0n) is 16.2. The minimum atomic E-state index is -0.364. The average Bonchev–Trinajstić information content (AvgIpc) is 3.22. The number of hydrazine groups is 1. The second-order valence-corrected chi connectivity index (χ2v) is 7.12. The maximum atomic E-state index is 12.9. The van der Waals surface area contributed by atoms with Crippen molar-refractivity contribution in [2.24, 2.45) is 5.92 Å². The van der Waals surface area contributed by atoms with E-state index in [1.165, 1.54) is 0 Å². The number of para-hydroxylation sites is 1. The van der Waals surface area contributed by atoms with Crippen LogP contribution in [-0.4, -0.2) is 42.7 Å². The van der Waals surface area contributed by atoms with E-state index in [0.717, 1.165) is 11.1 Å². The van der Waals surface area contributed by atoms with Crippen molar-refractivity contribution in [3.63, 3.8) is 0 Å². The fraction of sp³-hybridized carbons (Fsp3) is 0.381. The van der Waals surface area contributed by atoms with Crippen LogP contribution in [0.4, 0.5) is 0 Å². The van der Waals surface area contributed by atoms with Gasteiger partial charge in [0.1, 0.15) is 11.8 Å². The van der Waals surface area contributed by atoms with Gasteiger partial charge in [0.25, 0.3) is 0 Å². The predicted molar refractivity (Wildman–Crippen MR) is 104 cm³/mol. The Kier molecular flexibility index (Phi) is 4.87. The molecule has 3 N–H and O–H groups in total. The highest BCUT2D eigenvalue weighted by Crippen LogP contribution is 2.48. The highest BCUT2D eigenvalue weighted by Gasteiger charge is 2.54. The third-order valence-electron chi connectivity index (χ3n) is 5.66. The lowest BCUT2D eigenvalue weighted by molar-refractivity contribution is -0.129. The molecule has 2 heterocycles. The summed E-state index contributed by atoms with van der Waals surface area (Å²) in [5.74, 6) is 1.47. The molecule has 4 rings (SSSR count). The zero-order chi connectivity index (χ0) is 19.8. The third-order valence-corrected chi connectivity index (χ3v) is 5.66. The van der Waals surface area contributed by atoms with E-state index >= 15 is 0 Å². The molecule has 0 saturated carbocycles. The molecule has 148 valence electrons. The molecule has 0 bridgehead atoms. The van der Waals surface area contributed by atoms with Gasteiger partial charge in [-0.15, -0.1) is 0 Å². The molecule has 4 atom stereocenters. The Bertz CT molecular complexity index is 888. The van der Waals surface area contributed by atoms with Gasteiger partial charge in [0.05, 0.1) is 25.8 Å². The molecule has 2 aromatic carbocycles. The molecule has 4 unspecified atom stereocenters. The van der Waals surface area contributed by atoms with Crippen LogP contribution < -0.4 is 20.3 Å². The number of rotatable bonds is 5. The number of phenols is 1. The first kappa shape index (κ1) is 18.6. The van der Waals surface area contributed by atoms with Crippen LogP contribution in [0.25, 0.3) is 0 Å². The van der Waals surface area contributed by atoms with Crippen molar-refractivity contribution < 1.29 is 19.4 Å². The molecule has 0 aromatic heterocycles. The standard InChI is InChI=1S/C21H25N3O4/c1-4-28-15-10-9-12(11-16(15)27-3)20-17-18(13-7-5-6-8-14(13)25)22-23-19(17)21(26)24(20)2/h5-11,17-20,22-23,25H,4H2,1-3H3. The summed E-state index contributed by atoms with van der Waals surface area (Å²) in [6.45, 7) is 2.47. The van der Waals surface area contributed by atoms with Crippen LogP contribution in [0.3, 0.4) is 0 Å². The fourth-order valence-corrected chi connectivity index (χ4v) is 4.39. The van der Waals surface area contributed by atoms with Gasteiger partial charge >= 0.3 is 0 Å². The lowest BCUT2D eigenvalue weighted by Crippen LogP contribution is -2.39. The summed E-state index contributed by atoms with van der Waals surface area (Å²) in [5.41, 5.74) is 8.08. The van der Waals surface area contributed by atoms with Crippen LogP contribution in [0.15, 0.2) is 42.5 Å². The minimum Gasteiger partial charge on any atom is -0.508 e. The first-order valence-corrected chi connectivity index (χ1v) is 9.43. The monoisotopic (exact) mass is 383 g/mol. The van der Waals surface area contributed by atoms with Crippen molar-refractivity contribution in [1.29, 1.82) is 0 Å². The molecule has 1 amide bonds. The van der Waals surface area contributed by atoms with Gasteiger partial charge in [0.15, 0.2) is 11.5 Å². The molecule has 28 heavy (non-hydrogen) atoms. The van der Waals surface area contributed by atoms with Gasteiger partial charge in [-0.2, -0.15) is 0 Å². The zero-order valence-corrected chi connectivity index (χ0v) is 16.2. The molecule has 2 aliphatic heterocycles. The molecule has 7 heteroatoms. The number of carbonyl (C=O) groups excluding carboxylic acids is 1. The van der Waals surface area contributed by atoms with Gasteiger partial charge in [0.2, 0.25) is 5.91 Å². The van der Waals surface area contributed by atoms with Gasteiger partial charge in [-0.25, -0.2) is 10.9 Å². The summed E-state index contributed by atoms with van der Waals surface area (Å²) in [5, 5.41) is 10.4. The molecule has 0 spiro atoms. The summed E-state index contributed by atoms with van der Waals surface area (Å²) < 4.78 is 11.1. The normalized spacial score (nSPS) is 26.4. The number of phenolic OH excluding ortho intramolecular Hbond substituents is 1. The van der Waals surface area contributed by atoms with Crippen molar-refractivity contribution in [3.8, 4) is 17.2 Å². The number of benzene rings is 2. The van der Waals surface area contributed by atoms with E-state index in [1.54, 1.807) is 24.1 Å². The average molecular weight is 383 g/mol. The second kappa shape index (κ2) is 7.33. The molecular weight excluding hydrogens is 358 g/mol. The maximum Gasteiger partial charge on any atom is 0.241 e. The molecule has 2 fully saturated rings. The number of ether oxygens (including phenoxy) is 2. The third kappa shape index (κ3) is 2.87. The van der Waals surface area contributed by atoms with Crippen molar-refractivity contribution in [1.82, 2.24) is 15.8 Å². The topological polar surface area (TPSA) is 83.1 Å². The van der Waals surface area contributed by atoms with E-state index in [2.05, 4.69) is 10.9 Å². The number of hydrogen-bond acceptors (Lipinski definition) is 6. The van der Waals surface area contributed by atoms with Crippen LogP contribution in [0.1, 0.15) is 30.1 Å². The van der Waals surface area contributed by atoms with Gasteiger partial charge in [0, 0.05) is 18.5 Å². The minimum absolute atomic E-state index is 0.0215. The number of nitrogens with zero attached hydrogens (tertiary/aromatic N) is 1. The number of likely N-dealkylation sites (tertiary alicyclic amines) is 1. The maximum absolute atomic E-state index is 12.9. The second-order valence-electron chi connectivity index (χ2n) is 7.12. The number of amides is 1. The first-order chi connectivity index (χ1) is 13.6. The Morgan fingerprint density at radius 2 is 1.86 bits per heavy atom. The summed E-state index contributed by atoms with van der Waals surface area (Å²) in [4.78, 5) is 14.6. The van der Waals surface area contributed by atoms with Crippen LogP contribution in [0, 0.1) is 5.92 Å². The Morgan fingerprint density at radius 1 is 1.11 bits per heavy atom. The first-order valence-electron chi connectivity index (χ1n) is 9.43. The fourth-order valence-electron chi connectivity index (χ4n) is 4.39. The van der Waals surface area contributed by atoms with Gasteiger partial charge in [-0.05, 0) is 30.7 Å². The number of nitrogens with one attached hydrogen (secondary N) is 2. The molecule has 2 saturated heterocycles. The summed E-state index contributed by atoms with van der Waals surface area (Å²) in [6, 6.07) is 12.3. The SMILES string of the molecule is CCOc1ccc(C2C3C(NNC3c3ccccc3O)C(=O)N2C)cc1OC. The van der Waals surface area contributed by atoms with E-state index in [-0.39, 0.29) is 35.7 Å². The Labute approximate surface area is 164 Å². The van der Waals surface area contributed by atoms with E-state index in [0.29, 0.717) is 18.1 Å². The van der Waals surface area contributed by atoms with E-state index < -0.39 is 0 Å². The number of likely N-dealkylation sites (N-methyl/N-ethyl adjacent to an activating group) is 1. The number of fused-ring (bicyclic) bond motifs is 1. The van der Waals surface area contributed by atoms with Crippen molar-refractivity contribution in [3.05, 3.63) is 53.6 Å². The van der Waals surface area contributed by atoms with Crippen LogP contribution in [0.5, 0.6) is 17.2 Å². The van der Waals surface area contributed by atoms with Crippen molar-refractivity contribution in [2.45, 2.75) is 25.0 Å². The summed E-state index contributed by atoms with van der Waals surface area (Å²) in [7, 11) is 3.43. The van der Waals surface area contributed by atoms with Gasteiger partial charge in [-0.1, -0.05) is 24.3 Å². The van der Waals surface area contributed by atoms with Crippen LogP contribution >= 0.6 is 0 Å². The smallest absolute Gasteiger partial charge is 0.241 e. The van der Waals surface area contributed by atoms with Crippen LogP contribution in [-0.2, 0) is 4.79 Å². The van der Waals surface area contributed by atoms with Crippen LogP contribution in [0.2, 0.25) is 0 Å². The molecule has 2 aromatic rings. The van der Waals surface area contributed by atoms with Crippen molar-refractivity contribution >= 4 is 5.91 Å². The largest absolute Gasteiger partial charge is 0.508 e. The Balaban J connectivity index is 1.75. The van der Waals surface area contributed by atoms with E-state index in [4.69, 9.17) is 9.47 Å². The molecule has 7 nitrogen and oxygen atoms in total. The Hall–Kier alpha value is -2.77. The molecule has 2 aliphatic rings. The lowest BCUT2D eigenvalue weighted by Gasteiger charge is -2.29. The number of aromatic hydroxyl groups is 1. The highest BCUT2D eigenvalue weighted by atomic mass is 16.5. The van der Waals surface area contributed by atoms with Crippen molar-refractivity contribution in [2.75, 3.05) is 20.8 Å². The van der Waals surface area contributed by atoms with E-state index in [9.17, 15) is 9.90 Å². The molecule has 0 aliphatic carbocycles. The number of hydrogen-bond donors (Lipinski definition) is 3. The number of methoxy groups -OCH3 is 1. The molecular formula is C21H25N3O4. The lowest BCUT2D eigenvalue weighted by atomic mass is 9.83. The summed E-state index contributed by atoms with van der Waals surface area (Å²) in [6.07, 6.45) is 0. The highest BCUT2D eigenvalue weighted by molar-refractivity contribution is 5.86. The van der Waals surface area contributed by atoms with Gasteiger partial charge in [-0.3, -0.25) is 4.79 Å². The summed E-state index contributed by atoms with van der Waals surface area (Å²) >= 11 is 0. The Morgan fingerprint density at radius 3 is 2.57 bits per heavy atom. The van der Waals surface area contributed by atoms with E-state index in [1.807, 2.05) is 44.3 Å². The molecule has 0 radical (unpaired) electrons. The van der Waals surface area contributed by atoms with Gasteiger partial charge < -0.3 is 19.5 Å². The quantitative estimate of drug-likeness (QED) is 0.734. The number of carbonyl (C=O) groups is 1.